The molecule has 0 saturated carbocycles. The van der Waals surface area contributed by atoms with Gasteiger partial charge >= 0.3 is 0 Å². The first-order valence-corrected chi connectivity index (χ1v) is 4.97. The Morgan fingerprint density at radius 1 is 1.00 bits per heavy atom. The second-order valence-corrected chi connectivity index (χ2v) is 3.61. The van der Waals surface area contributed by atoms with Gasteiger partial charge in [-0.25, -0.2) is 4.98 Å². The third-order valence-corrected chi connectivity index (χ3v) is 2.59. The van der Waals surface area contributed by atoms with Gasteiger partial charge in [0.25, 0.3) is 0 Å². The molecule has 2 nitrogen and oxygen atoms in total. The first kappa shape index (κ1) is 9.21. The van der Waals surface area contributed by atoms with E-state index < -0.39 is 0 Å². The van der Waals surface area contributed by atoms with Gasteiger partial charge < -0.3 is 5.11 Å². The standard InChI is InChI=1S/C11H8BrNO/c12-11-9(5-3-7-13-11)8-4-1-2-6-10(8)14/h1-7,14H. The van der Waals surface area contributed by atoms with Gasteiger partial charge in [-0.2, -0.15) is 0 Å². The van der Waals surface area contributed by atoms with Crippen LogP contribution >= 0.6 is 15.9 Å². The van der Waals surface area contributed by atoms with Crippen molar-refractivity contribution in [1.29, 1.82) is 0 Å². The van der Waals surface area contributed by atoms with Crippen LogP contribution in [0.5, 0.6) is 5.75 Å². The van der Waals surface area contributed by atoms with Gasteiger partial charge in [-0.15, -0.1) is 0 Å². The number of halogens is 1. The van der Waals surface area contributed by atoms with E-state index in [4.69, 9.17) is 0 Å². The summed E-state index contributed by atoms with van der Waals surface area (Å²) in [5.41, 5.74) is 1.68. The topological polar surface area (TPSA) is 33.1 Å². The maximum absolute atomic E-state index is 9.64. The number of aromatic hydroxyl groups is 1. The zero-order valence-corrected chi connectivity index (χ0v) is 8.90. The molecule has 0 saturated heterocycles. The van der Waals surface area contributed by atoms with E-state index in [2.05, 4.69) is 20.9 Å². The average molecular weight is 250 g/mol. The van der Waals surface area contributed by atoms with Gasteiger partial charge in [0.05, 0.1) is 0 Å². The van der Waals surface area contributed by atoms with Crippen LogP contribution in [0.3, 0.4) is 0 Å². The molecule has 0 amide bonds. The second-order valence-electron chi connectivity index (χ2n) is 2.86. The van der Waals surface area contributed by atoms with Crippen LogP contribution < -0.4 is 0 Å². The van der Waals surface area contributed by atoms with Crippen LogP contribution in [0.1, 0.15) is 0 Å². The number of phenols is 1. The highest BCUT2D eigenvalue weighted by Crippen LogP contribution is 2.32. The third-order valence-electron chi connectivity index (χ3n) is 1.95. The summed E-state index contributed by atoms with van der Waals surface area (Å²) in [6.07, 6.45) is 1.70. The van der Waals surface area contributed by atoms with E-state index in [9.17, 15) is 5.11 Å². The molecule has 1 aromatic carbocycles. The molecule has 0 aliphatic rings. The van der Waals surface area contributed by atoms with Gasteiger partial charge in [0.2, 0.25) is 0 Å². The van der Waals surface area contributed by atoms with E-state index >= 15 is 0 Å². The average Bonchev–Trinajstić information content (AvgIpc) is 2.20. The van der Waals surface area contributed by atoms with Gasteiger partial charge in [0.1, 0.15) is 10.4 Å². The van der Waals surface area contributed by atoms with E-state index in [1.54, 1.807) is 18.3 Å². The van der Waals surface area contributed by atoms with Crippen molar-refractivity contribution in [3.63, 3.8) is 0 Å². The van der Waals surface area contributed by atoms with Gasteiger partial charge in [-0.05, 0) is 34.1 Å². The SMILES string of the molecule is Oc1ccccc1-c1cccnc1Br. The summed E-state index contributed by atoms with van der Waals surface area (Å²) in [4.78, 5) is 4.10. The molecular weight excluding hydrogens is 242 g/mol. The fraction of sp³-hybridized carbons (Fsp3) is 0. The minimum atomic E-state index is 0.265. The minimum Gasteiger partial charge on any atom is -0.507 e. The molecule has 0 fully saturated rings. The normalized spacial score (nSPS) is 10.1. The van der Waals surface area contributed by atoms with Gasteiger partial charge in [0, 0.05) is 17.3 Å². The zero-order valence-electron chi connectivity index (χ0n) is 7.31. The van der Waals surface area contributed by atoms with Crippen molar-refractivity contribution in [2.45, 2.75) is 0 Å². The van der Waals surface area contributed by atoms with Crippen LogP contribution in [0, 0.1) is 0 Å². The maximum Gasteiger partial charge on any atom is 0.123 e. The first-order chi connectivity index (χ1) is 6.79. The molecule has 0 atom stereocenters. The number of nitrogens with zero attached hydrogens (tertiary/aromatic N) is 1. The minimum absolute atomic E-state index is 0.265. The monoisotopic (exact) mass is 249 g/mol. The Balaban J connectivity index is 2.61. The van der Waals surface area contributed by atoms with E-state index in [0.29, 0.717) is 0 Å². The number of hydrogen-bond acceptors (Lipinski definition) is 2. The molecule has 0 bridgehead atoms. The summed E-state index contributed by atoms with van der Waals surface area (Å²) < 4.78 is 0.738. The molecule has 14 heavy (non-hydrogen) atoms. The summed E-state index contributed by atoms with van der Waals surface area (Å²) in [5.74, 6) is 0.265. The lowest BCUT2D eigenvalue weighted by Gasteiger charge is -2.05. The fourth-order valence-corrected chi connectivity index (χ4v) is 1.75. The molecule has 0 aliphatic carbocycles. The zero-order chi connectivity index (χ0) is 9.97. The number of benzene rings is 1. The molecule has 70 valence electrons. The van der Waals surface area contributed by atoms with Crippen molar-refractivity contribution < 1.29 is 5.11 Å². The van der Waals surface area contributed by atoms with Crippen molar-refractivity contribution >= 4 is 15.9 Å². The smallest absolute Gasteiger partial charge is 0.123 e. The van der Waals surface area contributed by atoms with E-state index in [-0.39, 0.29) is 5.75 Å². The molecule has 0 aliphatic heterocycles. The van der Waals surface area contributed by atoms with Crippen LogP contribution in [0.4, 0.5) is 0 Å². The molecule has 0 radical (unpaired) electrons. The maximum atomic E-state index is 9.64. The van der Waals surface area contributed by atoms with Crippen LogP contribution in [-0.2, 0) is 0 Å². The molecule has 1 heterocycles. The Kier molecular flexibility index (Phi) is 2.50. The number of pyridine rings is 1. The molecular formula is C11H8BrNO. The van der Waals surface area contributed by atoms with Crippen molar-refractivity contribution in [2.24, 2.45) is 0 Å². The quantitative estimate of drug-likeness (QED) is 0.788. The molecule has 2 aromatic rings. The van der Waals surface area contributed by atoms with Crippen LogP contribution in [0.25, 0.3) is 11.1 Å². The first-order valence-electron chi connectivity index (χ1n) is 4.18. The summed E-state index contributed by atoms with van der Waals surface area (Å²) in [6.45, 7) is 0. The van der Waals surface area contributed by atoms with Crippen LogP contribution in [-0.4, -0.2) is 10.1 Å². The Morgan fingerprint density at radius 3 is 2.43 bits per heavy atom. The molecule has 3 heteroatoms. The van der Waals surface area contributed by atoms with E-state index in [0.717, 1.165) is 15.7 Å². The highest BCUT2D eigenvalue weighted by molar-refractivity contribution is 9.10. The lowest BCUT2D eigenvalue weighted by molar-refractivity contribution is 0.477. The molecule has 1 aromatic heterocycles. The van der Waals surface area contributed by atoms with Crippen LogP contribution in [0.15, 0.2) is 47.2 Å². The molecule has 1 N–H and O–H groups in total. The second kappa shape index (κ2) is 3.80. The molecule has 0 unspecified atom stereocenters. The number of phenolic OH excluding ortho intramolecular Hbond substituents is 1. The largest absolute Gasteiger partial charge is 0.507 e. The third kappa shape index (κ3) is 1.63. The van der Waals surface area contributed by atoms with Crippen LogP contribution in [0.2, 0.25) is 0 Å². The van der Waals surface area contributed by atoms with Crippen molar-refractivity contribution in [2.75, 3.05) is 0 Å². The Hall–Kier alpha value is -1.35. The number of hydrogen-bond donors (Lipinski definition) is 1. The molecule has 2 rings (SSSR count). The number of aromatic nitrogens is 1. The van der Waals surface area contributed by atoms with E-state index in [1.807, 2.05) is 24.3 Å². The van der Waals surface area contributed by atoms with Gasteiger partial charge in [-0.3, -0.25) is 0 Å². The Bertz CT molecular complexity index is 413. The number of para-hydroxylation sites is 1. The Morgan fingerprint density at radius 2 is 1.71 bits per heavy atom. The predicted octanol–water partition coefficient (Wildman–Crippen LogP) is 3.22. The lowest BCUT2D eigenvalue weighted by atomic mass is 10.1. The van der Waals surface area contributed by atoms with Crippen molar-refractivity contribution in [3.05, 3.63) is 47.2 Å². The highest BCUT2D eigenvalue weighted by atomic mass is 79.9. The van der Waals surface area contributed by atoms with E-state index in [1.165, 1.54) is 0 Å². The van der Waals surface area contributed by atoms with Crippen molar-refractivity contribution in [1.82, 2.24) is 4.98 Å². The van der Waals surface area contributed by atoms with Crippen molar-refractivity contribution in [3.8, 4) is 16.9 Å². The summed E-state index contributed by atoms with van der Waals surface area (Å²) in [7, 11) is 0. The molecule has 0 spiro atoms. The van der Waals surface area contributed by atoms with Gasteiger partial charge in [0.15, 0.2) is 0 Å². The number of rotatable bonds is 1. The highest BCUT2D eigenvalue weighted by Gasteiger charge is 2.06. The summed E-state index contributed by atoms with van der Waals surface area (Å²) >= 11 is 3.34. The van der Waals surface area contributed by atoms with Gasteiger partial charge in [-0.1, -0.05) is 18.2 Å². The Labute approximate surface area is 90.4 Å². The predicted molar refractivity (Wildman–Crippen MR) is 59.0 cm³/mol. The fourth-order valence-electron chi connectivity index (χ4n) is 1.29. The summed E-state index contributed by atoms with van der Waals surface area (Å²) in [6, 6.07) is 10.9. The summed E-state index contributed by atoms with van der Waals surface area (Å²) in [5, 5.41) is 9.64. The lowest BCUT2D eigenvalue weighted by Crippen LogP contribution is -1.82.